The molecule has 0 aromatic heterocycles. The Balaban J connectivity index is 2.33. The molecule has 0 bridgehead atoms. The SMILES string of the molecule is C[C@](O)(C1=CC=CC1)c1ccccc1. The minimum atomic E-state index is -0.829. The number of aliphatic hydroxyl groups is 1. The maximum atomic E-state index is 10.4. The number of hydrogen-bond donors (Lipinski definition) is 1. The van der Waals surface area contributed by atoms with E-state index in [4.69, 9.17) is 0 Å². The van der Waals surface area contributed by atoms with Crippen LogP contribution in [0.15, 0.2) is 54.1 Å². The van der Waals surface area contributed by atoms with E-state index in [1.54, 1.807) is 0 Å². The Kier molecular flexibility index (Phi) is 2.26. The van der Waals surface area contributed by atoms with Gasteiger partial charge in [0.05, 0.1) is 0 Å². The van der Waals surface area contributed by atoms with Gasteiger partial charge in [0, 0.05) is 0 Å². The molecule has 1 atom stereocenters. The molecule has 0 saturated heterocycles. The van der Waals surface area contributed by atoms with Crippen molar-refractivity contribution in [1.29, 1.82) is 0 Å². The van der Waals surface area contributed by atoms with Crippen LogP contribution in [0.5, 0.6) is 0 Å². The lowest BCUT2D eigenvalue weighted by Gasteiger charge is -2.25. The van der Waals surface area contributed by atoms with Crippen molar-refractivity contribution >= 4 is 0 Å². The van der Waals surface area contributed by atoms with Gasteiger partial charge >= 0.3 is 0 Å². The van der Waals surface area contributed by atoms with Gasteiger partial charge in [-0.2, -0.15) is 0 Å². The number of rotatable bonds is 2. The Morgan fingerprint density at radius 3 is 2.50 bits per heavy atom. The Morgan fingerprint density at radius 1 is 1.21 bits per heavy atom. The van der Waals surface area contributed by atoms with Crippen LogP contribution >= 0.6 is 0 Å². The maximum Gasteiger partial charge on any atom is 0.108 e. The van der Waals surface area contributed by atoms with Crippen LogP contribution in [-0.4, -0.2) is 5.11 Å². The Morgan fingerprint density at radius 2 is 1.93 bits per heavy atom. The van der Waals surface area contributed by atoms with Crippen molar-refractivity contribution in [1.82, 2.24) is 0 Å². The second-order valence-corrected chi connectivity index (χ2v) is 3.76. The molecule has 1 nitrogen and oxygen atoms in total. The van der Waals surface area contributed by atoms with E-state index < -0.39 is 5.60 Å². The number of allylic oxidation sites excluding steroid dienone is 3. The van der Waals surface area contributed by atoms with Crippen molar-refractivity contribution in [3.8, 4) is 0 Å². The van der Waals surface area contributed by atoms with Crippen LogP contribution in [0.3, 0.4) is 0 Å². The molecular formula is C13H14O. The molecule has 2 rings (SSSR count). The first-order valence-electron chi connectivity index (χ1n) is 4.85. The van der Waals surface area contributed by atoms with Gasteiger partial charge in [-0.25, -0.2) is 0 Å². The molecule has 1 aliphatic carbocycles. The quantitative estimate of drug-likeness (QED) is 0.753. The first-order chi connectivity index (χ1) is 6.71. The van der Waals surface area contributed by atoms with Crippen LogP contribution in [0.1, 0.15) is 18.9 Å². The van der Waals surface area contributed by atoms with E-state index in [-0.39, 0.29) is 0 Å². The summed E-state index contributed by atoms with van der Waals surface area (Å²) in [7, 11) is 0. The number of hydrogen-bond acceptors (Lipinski definition) is 1. The summed E-state index contributed by atoms with van der Waals surface area (Å²) in [4.78, 5) is 0. The fourth-order valence-corrected chi connectivity index (χ4v) is 1.76. The zero-order valence-corrected chi connectivity index (χ0v) is 8.27. The third-order valence-electron chi connectivity index (χ3n) is 2.73. The van der Waals surface area contributed by atoms with E-state index in [0.29, 0.717) is 0 Å². The minimum absolute atomic E-state index is 0.829. The highest BCUT2D eigenvalue weighted by molar-refractivity contribution is 5.37. The smallest absolute Gasteiger partial charge is 0.108 e. The molecule has 1 N–H and O–H groups in total. The van der Waals surface area contributed by atoms with Gasteiger partial charge in [-0.15, -0.1) is 0 Å². The van der Waals surface area contributed by atoms with Gasteiger partial charge in [0.25, 0.3) is 0 Å². The molecule has 1 aromatic rings. The Bertz CT molecular complexity index is 371. The normalized spacial score (nSPS) is 19.1. The molecule has 0 heterocycles. The van der Waals surface area contributed by atoms with Crippen molar-refractivity contribution in [3.63, 3.8) is 0 Å². The second-order valence-electron chi connectivity index (χ2n) is 3.76. The molecule has 0 aliphatic heterocycles. The van der Waals surface area contributed by atoms with Crippen molar-refractivity contribution in [2.24, 2.45) is 0 Å². The summed E-state index contributed by atoms with van der Waals surface area (Å²) in [5, 5.41) is 10.4. The summed E-state index contributed by atoms with van der Waals surface area (Å²) in [5.74, 6) is 0. The molecule has 0 radical (unpaired) electrons. The zero-order chi connectivity index (χ0) is 10.0. The molecule has 1 heteroatoms. The highest BCUT2D eigenvalue weighted by Gasteiger charge is 2.27. The largest absolute Gasteiger partial charge is 0.381 e. The highest BCUT2D eigenvalue weighted by atomic mass is 16.3. The summed E-state index contributed by atoms with van der Waals surface area (Å²) < 4.78 is 0. The minimum Gasteiger partial charge on any atom is -0.381 e. The van der Waals surface area contributed by atoms with E-state index in [9.17, 15) is 5.11 Å². The lowest BCUT2D eigenvalue weighted by Crippen LogP contribution is -2.23. The van der Waals surface area contributed by atoms with Gasteiger partial charge in [-0.1, -0.05) is 48.6 Å². The molecule has 1 aromatic carbocycles. The summed E-state index contributed by atoms with van der Waals surface area (Å²) in [6, 6.07) is 9.78. The van der Waals surface area contributed by atoms with Crippen LogP contribution in [0.2, 0.25) is 0 Å². The van der Waals surface area contributed by atoms with Gasteiger partial charge < -0.3 is 5.11 Å². The van der Waals surface area contributed by atoms with E-state index in [1.807, 2.05) is 49.4 Å². The molecule has 0 saturated carbocycles. The fourth-order valence-electron chi connectivity index (χ4n) is 1.76. The molecule has 0 amide bonds. The van der Waals surface area contributed by atoms with Crippen molar-refractivity contribution in [3.05, 3.63) is 59.7 Å². The number of benzene rings is 1. The molecule has 72 valence electrons. The first-order valence-corrected chi connectivity index (χ1v) is 4.85. The topological polar surface area (TPSA) is 20.2 Å². The van der Waals surface area contributed by atoms with Crippen LogP contribution < -0.4 is 0 Å². The lowest BCUT2D eigenvalue weighted by molar-refractivity contribution is 0.0958. The predicted molar refractivity (Wildman–Crippen MR) is 57.9 cm³/mol. The molecule has 0 unspecified atom stereocenters. The van der Waals surface area contributed by atoms with Crippen LogP contribution in [-0.2, 0) is 5.60 Å². The Labute approximate surface area is 84.4 Å². The van der Waals surface area contributed by atoms with Gasteiger partial charge in [0.2, 0.25) is 0 Å². The van der Waals surface area contributed by atoms with Gasteiger partial charge in [0.1, 0.15) is 5.60 Å². The molecule has 1 aliphatic rings. The fraction of sp³-hybridized carbons (Fsp3) is 0.231. The maximum absolute atomic E-state index is 10.4. The lowest BCUT2D eigenvalue weighted by atomic mass is 9.87. The Hall–Kier alpha value is -1.34. The van der Waals surface area contributed by atoms with Gasteiger partial charge in [-0.3, -0.25) is 0 Å². The van der Waals surface area contributed by atoms with Gasteiger partial charge in [-0.05, 0) is 24.5 Å². The van der Waals surface area contributed by atoms with Crippen LogP contribution in [0.25, 0.3) is 0 Å². The zero-order valence-electron chi connectivity index (χ0n) is 8.27. The predicted octanol–water partition coefficient (Wildman–Crippen LogP) is 2.78. The summed E-state index contributed by atoms with van der Waals surface area (Å²) >= 11 is 0. The standard InChI is InChI=1S/C13H14O/c1-13(14,12-9-5-6-10-12)11-7-3-2-4-8-11/h2-9,14H,10H2,1H3/t13-/m1/s1. The summed E-state index contributed by atoms with van der Waals surface area (Å²) in [6.45, 7) is 1.85. The monoisotopic (exact) mass is 186 g/mol. The third kappa shape index (κ3) is 1.51. The van der Waals surface area contributed by atoms with E-state index >= 15 is 0 Å². The third-order valence-corrected chi connectivity index (χ3v) is 2.73. The van der Waals surface area contributed by atoms with Crippen LogP contribution in [0, 0.1) is 0 Å². The average molecular weight is 186 g/mol. The summed E-state index contributed by atoms with van der Waals surface area (Å²) in [5.41, 5.74) is 1.18. The molecule has 0 spiro atoms. The highest BCUT2D eigenvalue weighted by Crippen LogP contribution is 2.33. The van der Waals surface area contributed by atoms with Crippen molar-refractivity contribution < 1.29 is 5.11 Å². The van der Waals surface area contributed by atoms with E-state index in [0.717, 1.165) is 17.6 Å². The molecular weight excluding hydrogens is 172 g/mol. The van der Waals surface area contributed by atoms with E-state index in [2.05, 4.69) is 6.08 Å². The first kappa shape index (κ1) is 9.22. The molecule has 14 heavy (non-hydrogen) atoms. The van der Waals surface area contributed by atoms with E-state index in [1.165, 1.54) is 0 Å². The molecule has 0 fully saturated rings. The summed E-state index contributed by atoms with van der Waals surface area (Å²) in [6.07, 6.45) is 6.90. The average Bonchev–Trinajstić information content (AvgIpc) is 2.72. The second kappa shape index (κ2) is 3.43. The van der Waals surface area contributed by atoms with Crippen molar-refractivity contribution in [2.45, 2.75) is 18.9 Å². The van der Waals surface area contributed by atoms with Crippen molar-refractivity contribution in [2.75, 3.05) is 0 Å². The van der Waals surface area contributed by atoms with Gasteiger partial charge in [0.15, 0.2) is 0 Å². The van der Waals surface area contributed by atoms with Crippen LogP contribution in [0.4, 0.5) is 0 Å².